The first kappa shape index (κ1) is 15.0. The molecule has 0 bridgehead atoms. The summed E-state index contributed by atoms with van der Waals surface area (Å²) in [6, 6.07) is 7.85. The third-order valence-corrected chi connectivity index (χ3v) is 3.94. The molecular formula is C18H16O5. The highest BCUT2D eigenvalue weighted by Crippen LogP contribution is 2.39. The predicted octanol–water partition coefficient (Wildman–Crippen LogP) is 3.50. The van der Waals surface area contributed by atoms with Crippen molar-refractivity contribution in [2.75, 3.05) is 7.11 Å². The Bertz CT molecular complexity index is 969. The Labute approximate surface area is 132 Å². The van der Waals surface area contributed by atoms with Gasteiger partial charge < -0.3 is 19.4 Å². The lowest BCUT2D eigenvalue weighted by Crippen LogP contribution is -2.04. The van der Waals surface area contributed by atoms with E-state index in [-0.39, 0.29) is 33.7 Å². The molecular weight excluding hydrogens is 296 g/mol. The number of aryl methyl sites for hydroxylation is 1. The second kappa shape index (κ2) is 5.35. The van der Waals surface area contributed by atoms with Crippen LogP contribution >= 0.6 is 0 Å². The molecule has 0 radical (unpaired) electrons. The van der Waals surface area contributed by atoms with Crippen LogP contribution in [0.2, 0.25) is 0 Å². The Kier molecular flexibility index (Phi) is 3.48. The fraction of sp³-hybridized carbons (Fsp3) is 0.167. The van der Waals surface area contributed by atoms with Crippen molar-refractivity contribution in [2.45, 2.75) is 13.8 Å². The Balaban J connectivity index is 2.44. The molecule has 0 unspecified atom stereocenters. The molecule has 1 heterocycles. The molecule has 2 N–H and O–H groups in total. The van der Waals surface area contributed by atoms with Gasteiger partial charge in [0.1, 0.15) is 34.0 Å². The van der Waals surface area contributed by atoms with E-state index < -0.39 is 0 Å². The van der Waals surface area contributed by atoms with Crippen molar-refractivity contribution in [1.29, 1.82) is 0 Å². The summed E-state index contributed by atoms with van der Waals surface area (Å²) in [6.45, 7) is 3.43. The maximum Gasteiger partial charge on any atom is 0.197 e. The van der Waals surface area contributed by atoms with Gasteiger partial charge in [-0.05, 0) is 26.0 Å². The van der Waals surface area contributed by atoms with E-state index in [1.165, 1.54) is 19.2 Å². The van der Waals surface area contributed by atoms with Crippen LogP contribution in [0.25, 0.3) is 22.3 Å². The second-order valence-electron chi connectivity index (χ2n) is 5.33. The second-order valence-corrected chi connectivity index (χ2v) is 5.33. The number of aromatic hydroxyl groups is 2. The summed E-state index contributed by atoms with van der Waals surface area (Å²) < 4.78 is 11.1. The molecule has 3 rings (SSSR count). The number of benzene rings is 2. The van der Waals surface area contributed by atoms with Gasteiger partial charge in [0.25, 0.3) is 0 Å². The van der Waals surface area contributed by atoms with Crippen molar-refractivity contribution in [3.63, 3.8) is 0 Å². The van der Waals surface area contributed by atoms with Gasteiger partial charge in [0.05, 0.1) is 12.7 Å². The van der Waals surface area contributed by atoms with Gasteiger partial charge in [0, 0.05) is 17.2 Å². The molecule has 2 aromatic carbocycles. The molecule has 0 spiro atoms. The Morgan fingerprint density at radius 3 is 2.43 bits per heavy atom. The van der Waals surface area contributed by atoms with E-state index in [2.05, 4.69) is 0 Å². The summed E-state index contributed by atoms with van der Waals surface area (Å²) in [4.78, 5) is 12.5. The molecule has 5 nitrogen and oxygen atoms in total. The van der Waals surface area contributed by atoms with Crippen LogP contribution in [0.4, 0.5) is 0 Å². The third-order valence-electron chi connectivity index (χ3n) is 3.94. The van der Waals surface area contributed by atoms with Crippen molar-refractivity contribution in [3.8, 4) is 28.6 Å². The summed E-state index contributed by atoms with van der Waals surface area (Å²) >= 11 is 0. The number of methoxy groups -OCH3 is 1. The minimum Gasteiger partial charge on any atom is -0.507 e. The van der Waals surface area contributed by atoms with Gasteiger partial charge in [-0.25, -0.2) is 0 Å². The normalized spacial score (nSPS) is 10.9. The number of hydrogen-bond donors (Lipinski definition) is 2. The molecule has 118 valence electrons. The predicted molar refractivity (Wildman–Crippen MR) is 87.3 cm³/mol. The third kappa shape index (κ3) is 2.21. The number of hydrogen-bond acceptors (Lipinski definition) is 5. The Morgan fingerprint density at radius 1 is 1.09 bits per heavy atom. The zero-order valence-electron chi connectivity index (χ0n) is 13.0. The number of phenols is 2. The molecule has 0 amide bonds. The summed E-state index contributed by atoms with van der Waals surface area (Å²) in [5.74, 6) is 0.553. The highest BCUT2D eigenvalue weighted by atomic mass is 16.5. The van der Waals surface area contributed by atoms with Gasteiger partial charge in [0.2, 0.25) is 0 Å². The van der Waals surface area contributed by atoms with Crippen molar-refractivity contribution in [1.82, 2.24) is 0 Å². The first-order valence-corrected chi connectivity index (χ1v) is 7.08. The van der Waals surface area contributed by atoms with Crippen molar-refractivity contribution >= 4 is 11.0 Å². The van der Waals surface area contributed by atoms with Crippen LogP contribution in [0.5, 0.6) is 17.2 Å². The van der Waals surface area contributed by atoms with E-state index in [0.29, 0.717) is 22.4 Å². The van der Waals surface area contributed by atoms with Crippen molar-refractivity contribution < 1.29 is 19.4 Å². The topological polar surface area (TPSA) is 79.9 Å². The average Bonchev–Trinajstić information content (AvgIpc) is 2.53. The van der Waals surface area contributed by atoms with Gasteiger partial charge >= 0.3 is 0 Å². The maximum absolute atomic E-state index is 12.5. The van der Waals surface area contributed by atoms with Crippen LogP contribution in [0.15, 0.2) is 39.5 Å². The zero-order chi connectivity index (χ0) is 16.7. The standard InChI is InChI=1S/C18H16O5/c1-9-16(21)15-13(20)8-14(11-6-4-5-7-12(11)19)23-18(15)10(2)17(9)22-3/h4-8,19,21H,1-3H3. The lowest BCUT2D eigenvalue weighted by molar-refractivity contribution is 0.400. The zero-order valence-corrected chi connectivity index (χ0v) is 13.0. The van der Waals surface area contributed by atoms with E-state index in [4.69, 9.17) is 9.15 Å². The van der Waals surface area contributed by atoms with Gasteiger partial charge in [-0.2, -0.15) is 0 Å². The molecule has 3 aromatic rings. The maximum atomic E-state index is 12.5. The van der Waals surface area contributed by atoms with Crippen molar-refractivity contribution in [3.05, 3.63) is 51.7 Å². The van der Waals surface area contributed by atoms with Gasteiger partial charge in [-0.3, -0.25) is 4.79 Å². The summed E-state index contributed by atoms with van der Waals surface area (Å²) in [5, 5.41) is 20.4. The van der Waals surface area contributed by atoms with E-state index in [1.54, 1.807) is 32.0 Å². The average molecular weight is 312 g/mol. The van der Waals surface area contributed by atoms with Crippen LogP contribution in [-0.4, -0.2) is 17.3 Å². The molecule has 0 atom stereocenters. The molecule has 0 saturated carbocycles. The van der Waals surface area contributed by atoms with Crippen LogP contribution in [-0.2, 0) is 0 Å². The first-order chi connectivity index (χ1) is 11.0. The number of rotatable bonds is 2. The van der Waals surface area contributed by atoms with Crippen molar-refractivity contribution in [2.24, 2.45) is 0 Å². The number of para-hydroxylation sites is 1. The van der Waals surface area contributed by atoms with E-state index in [1.807, 2.05) is 0 Å². The SMILES string of the molecule is COc1c(C)c(O)c2c(=O)cc(-c3ccccc3O)oc2c1C. The number of ether oxygens (including phenoxy) is 1. The van der Waals surface area contributed by atoms with Gasteiger partial charge in [-0.15, -0.1) is 0 Å². The summed E-state index contributed by atoms with van der Waals surface area (Å²) in [6.07, 6.45) is 0. The van der Waals surface area contributed by atoms with Crippen LogP contribution < -0.4 is 10.2 Å². The molecule has 0 saturated heterocycles. The fourth-order valence-electron chi connectivity index (χ4n) is 2.78. The Morgan fingerprint density at radius 2 is 1.78 bits per heavy atom. The van der Waals surface area contributed by atoms with Crippen LogP contribution in [0, 0.1) is 13.8 Å². The fourth-order valence-corrected chi connectivity index (χ4v) is 2.78. The smallest absolute Gasteiger partial charge is 0.197 e. The lowest BCUT2D eigenvalue weighted by atomic mass is 10.0. The Hall–Kier alpha value is -2.95. The van der Waals surface area contributed by atoms with Crippen LogP contribution in [0.3, 0.4) is 0 Å². The van der Waals surface area contributed by atoms with Gasteiger partial charge in [0.15, 0.2) is 5.43 Å². The molecule has 1 aromatic heterocycles. The summed E-state index contributed by atoms with van der Waals surface area (Å²) in [5.41, 5.74) is 1.38. The largest absolute Gasteiger partial charge is 0.507 e. The van der Waals surface area contributed by atoms with E-state index in [9.17, 15) is 15.0 Å². The highest BCUT2D eigenvalue weighted by molar-refractivity contribution is 5.91. The summed E-state index contributed by atoms with van der Waals surface area (Å²) in [7, 11) is 1.49. The van der Waals surface area contributed by atoms with E-state index >= 15 is 0 Å². The highest BCUT2D eigenvalue weighted by Gasteiger charge is 2.20. The number of fused-ring (bicyclic) bond motifs is 1. The molecule has 5 heteroatoms. The van der Waals surface area contributed by atoms with E-state index in [0.717, 1.165) is 0 Å². The molecule has 0 aliphatic rings. The molecule has 0 fully saturated rings. The minimum atomic E-state index is -0.379. The van der Waals surface area contributed by atoms with Gasteiger partial charge in [-0.1, -0.05) is 12.1 Å². The molecule has 0 aliphatic carbocycles. The lowest BCUT2D eigenvalue weighted by Gasteiger charge is -2.14. The molecule has 0 aliphatic heterocycles. The van der Waals surface area contributed by atoms with Crippen LogP contribution in [0.1, 0.15) is 11.1 Å². The number of phenolic OH excluding ortho intramolecular Hbond substituents is 2. The monoisotopic (exact) mass is 312 g/mol. The first-order valence-electron chi connectivity index (χ1n) is 7.08. The molecule has 23 heavy (non-hydrogen) atoms. The quantitative estimate of drug-likeness (QED) is 0.757. The minimum absolute atomic E-state index is 0.0101.